The summed E-state index contributed by atoms with van der Waals surface area (Å²) in [5.41, 5.74) is 0.910. The van der Waals surface area contributed by atoms with Crippen LogP contribution in [0.15, 0.2) is 48.7 Å². The first-order valence-electron chi connectivity index (χ1n) is 5.46. The number of nitrogens with zero attached hydrogens (tertiary/aromatic N) is 3. The van der Waals surface area contributed by atoms with Gasteiger partial charge in [-0.1, -0.05) is 12.1 Å². The Labute approximate surface area is 103 Å². The number of hydrogen-bond donors (Lipinski definition) is 2. The van der Waals surface area contributed by atoms with Crippen molar-refractivity contribution >= 4 is 22.3 Å². The Morgan fingerprint density at radius 1 is 1.06 bits per heavy atom. The van der Waals surface area contributed by atoms with Gasteiger partial charge in [0.2, 0.25) is 0 Å². The van der Waals surface area contributed by atoms with E-state index in [-0.39, 0.29) is 5.75 Å². The number of benzene rings is 2. The fraction of sp³-hybridized carbons (Fsp3) is 0. The quantitative estimate of drug-likeness (QED) is 0.717. The van der Waals surface area contributed by atoms with Gasteiger partial charge in [0.05, 0.1) is 6.20 Å². The van der Waals surface area contributed by atoms with Gasteiger partial charge < -0.3 is 10.4 Å². The van der Waals surface area contributed by atoms with E-state index >= 15 is 0 Å². The highest BCUT2D eigenvalue weighted by molar-refractivity contribution is 5.95. The van der Waals surface area contributed by atoms with E-state index in [9.17, 15) is 5.11 Å². The minimum atomic E-state index is 0.253. The Morgan fingerprint density at radius 2 is 2.00 bits per heavy atom. The summed E-state index contributed by atoms with van der Waals surface area (Å²) in [5.74, 6) is 0.883. The van der Waals surface area contributed by atoms with Gasteiger partial charge in [0, 0.05) is 17.1 Å². The number of nitrogens with one attached hydrogen (secondary N) is 1. The molecule has 0 saturated heterocycles. The van der Waals surface area contributed by atoms with Crippen molar-refractivity contribution in [2.45, 2.75) is 0 Å². The minimum absolute atomic E-state index is 0.253. The van der Waals surface area contributed by atoms with E-state index < -0.39 is 0 Å². The van der Waals surface area contributed by atoms with Gasteiger partial charge in [-0.05, 0) is 34.9 Å². The number of phenolic OH excluding ortho intramolecular Hbond substituents is 1. The van der Waals surface area contributed by atoms with Gasteiger partial charge in [-0.15, -0.1) is 10.2 Å². The second kappa shape index (κ2) is 4.29. The first-order valence-corrected chi connectivity index (χ1v) is 5.46. The van der Waals surface area contributed by atoms with Crippen LogP contribution in [0, 0.1) is 0 Å². The van der Waals surface area contributed by atoms with Crippen LogP contribution < -0.4 is 5.32 Å². The third-order valence-electron chi connectivity index (χ3n) is 2.63. The normalized spacial score (nSPS) is 10.4. The molecule has 3 aromatic rings. The van der Waals surface area contributed by atoms with Crippen LogP contribution in [-0.2, 0) is 0 Å². The van der Waals surface area contributed by atoms with Crippen molar-refractivity contribution in [3.8, 4) is 5.75 Å². The molecule has 2 aromatic carbocycles. The Kier molecular flexibility index (Phi) is 2.49. The number of aromatic nitrogens is 3. The lowest BCUT2D eigenvalue weighted by atomic mass is 10.1. The maximum absolute atomic E-state index is 9.46. The van der Waals surface area contributed by atoms with Gasteiger partial charge in [0.1, 0.15) is 5.75 Å². The summed E-state index contributed by atoms with van der Waals surface area (Å²) in [5, 5.41) is 25.7. The van der Waals surface area contributed by atoms with Crippen LogP contribution >= 0.6 is 0 Å². The van der Waals surface area contributed by atoms with E-state index in [2.05, 4.69) is 20.7 Å². The van der Waals surface area contributed by atoms with E-state index in [1.165, 1.54) is 0 Å². The molecular formula is C13H10N4O. The molecule has 0 saturated carbocycles. The smallest absolute Gasteiger partial charge is 0.156 e. The van der Waals surface area contributed by atoms with E-state index in [0.29, 0.717) is 5.82 Å². The molecule has 0 unspecified atom stereocenters. The summed E-state index contributed by atoms with van der Waals surface area (Å²) >= 11 is 0. The second-order valence-corrected chi connectivity index (χ2v) is 3.84. The fourth-order valence-corrected chi connectivity index (χ4v) is 1.83. The molecule has 0 atom stereocenters. The van der Waals surface area contributed by atoms with Gasteiger partial charge in [0.25, 0.3) is 0 Å². The lowest BCUT2D eigenvalue weighted by Gasteiger charge is -2.08. The number of hydrogen-bond acceptors (Lipinski definition) is 5. The average Bonchev–Trinajstić information content (AvgIpc) is 2.40. The van der Waals surface area contributed by atoms with Gasteiger partial charge in [-0.2, -0.15) is 0 Å². The van der Waals surface area contributed by atoms with Gasteiger partial charge in [-0.25, -0.2) is 0 Å². The third kappa shape index (κ3) is 1.93. The fourth-order valence-electron chi connectivity index (χ4n) is 1.83. The molecule has 5 nitrogen and oxygen atoms in total. The number of fused-ring (bicyclic) bond motifs is 1. The van der Waals surface area contributed by atoms with Crippen molar-refractivity contribution in [2.75, 3.05) is 5.32 Å². The van der Waals surface area contributed by atoms with Gasteiger partial charge in [-0.3, -0.25) is 0 Å². The molecule has 88 valence electrons. The van der Waals surface area contributed by atoms with Crippen LogP contribution in [0.2, 0.25) is 0 Å². The number of rotatable bonds is 2. The lowest BCUT2D eigenvalue weighted by molar-refractivity contribution is 0.476. The van der Waals surface area contributed by atoms with Crippen LogP contribution in [0.3, 0.4) is 0 Å². The Hall–Kier alpha value is -2.69. The van der Waals surface area contributed by atoms with Crippen molar-refractivity contribution in [2.24, 2.45) is 0 Å². The topological polar surface area (TPSA) is 70.9 Å². The van der Waals surface area contributed by atoms with Crippen LogP contribution in [0.5, 0.6) is 5.75 Å². The highest BCUT2D eigenvalue weighted by Crippen LogP contribution is 2.27. The highest BCUT2D eigenvalue weighted by Gasteiger charge is 2.02. The van der Waals surface area contributed by atoms with Crippen molar-refractivity contribution in [1.29, 1.82) is 0 Å². The lowest BCUT2D eigenvalue weighted by Crippen LogP contribution is -1.96. The monoisotopic (exact) mass is 238 g/mol. The number of anilines is 2. The van der Waals surface area contributed by atoms with Crippen LogP contribution in [0.1, 0.15) is 0 Å². The zero-order valence-corrected chi connectivity index (χ0v) is 9.41. The summed E-state index contributed by atoms with van der Waals surface area (Å²) in [7, 11) is 0. The van der Waals surface area contributed by atoms with Crippen molar-refractivity contribution in [3.05, 3.63) is 48.7 Å². The summed E-state index contributed by atoms with van der Waals surface area (Å²) in [6.45, 7) is 0. The van der Waals surface area contributed by atoms with E-state index in [1.807, 2.05) is 24.3 Å². The molecule has 0 fully saturated rings. The van der Waals surface area contributed by atoms with E-state index in [0.717, 1.165) is 16.5 Å². The molecule has 2 N–H and O–H groups in total. The number of aromatic hydroxyl groups is 1. The first kappa shape index (κ1) is 10.5. The van der Waals surface area contributed by atoms with E-state index in [4.69, 9.17) is 0 Å². The summed E-state index contributed by atoms with van der Waals surface area (Å²) < 4.78 is 0. The molecule has 0 aliphatic carbocycles. The van der Waals surface area contributed by atoms with Crippen molar-refractivity contribution in [3.63, 3.8) is 0 Å². The van der Waals surface area contributed by atoms with Crippen LogP contribution in [0.4, 0.5) is 11.5 Å². The predicted molar refractivity (Wildman–Crippen MR) is 68.7 cm³/mol. The minimum Gasteiger partial charge on any atom is -0.508 e. The second-order valence-electron chi connectivity index (χ2n) is 3.84. The first-order chi connectivity index (χ1) is 8.83. The molecule has 0 aliphatic heterocycles. The van der Waals surface area contributed by atoms with Crippen LogP contribution in [-0.4, -0.2) is 20.5 Å². The molecular weight excluding hydrogens is 228 g/mol. The maximum Gasteiger partial charge on any atom is 0.156 e. The molecule has 0 spiro atoms. The Bertz CT molecular complexity index is 685. The molecule has 18 heavy (non-hydrogen) atoms. The molecule has 0 radical (unpaired) electrons. The zero-order chi connectivity index (χ0) is 12.4. The predicted octanol–water partition coefficient (Wildman–Crippen LogP) is 2.47. The molecule has 5 heteroatoms. The zero-order valence-electron chi connectivity index (χ0n) is 9.41. The third-order valence-corrected chi connectivity index (χ3v) is 2.63. The molecule has 0 aliphatic rings. The summed E-state index contributed by atoms with van der Waals surface area (Å²) in [6.07, 6.45) is 1.58. The Morgan fingerprint density at radius 3 is 2.83 bits per heavy atom. The highest BCUT2D eigenvalue weighted by atomic mass is 16.3. The maximum atomic E-state index is 9.46. The molecule has 1 aromatic heterocycles. The number of phenols is 1. The largest absolute Gasteiger partial charge is 0.508 e. The molecule has 0 amide bonds. The van der Waals surface area contributed by atoms with E-state index in [1.54, 1.807) is 24.4 Å². The van der Waals surface area contributed by atoms with Gasteiger partial charge >= 0.3 is 0 Å². The summed E-state index contributed by atoms with van der Waals surface area (Å²) in [4.78, 5) is 0. The molecule has 3 rings (SSSR count). The SMILES string of the molecule is Oc1ccc2c(Nc3ccnnn3)cccc2c1. The standard InChI is InChI=1S/C13H10N4O/c18-10-4-5-11-9(8-10)2-1-3-12(11)15-13-6-7-14-17-16-13/h1-8,18H,(H,14,15,16). The Balaban J connectivity index is 2.07. The van der Waals surface area contributed by atoms with Gasteiger partial charge in [0.15, 0.2) is 5.82 Å². The van der Waals surface area contributed by atoms with Crippen molar-refractivity contribution < 1.29 is 5.11 Å². The van der Waals surface area contributed by atoms with Crippen LogP contribution in [0.25, 0.3) is 10.8 Å². The van der Waals surface area contributed by atoms with Crippen molar-refractivity contribution in [1.82, 2.24) is 15.4 Å². The molecule has 1 heterocycles. The average molecular weight is 238 g/mol. The molecule has 0 bridgehead atoms. The summed E-state index contributed by atoms with van der Waals surface area (Å²) in [6, 6.07) is 12.8.